The average molecular weight is 1200 g/mol. The van der Waals surface area contributed by atoms with Crippen LogP contribution in [0.1, 0.15) is 52.7 Å². The summed E-state index contributed by atoms with van der Waals surface area (Å²) >= 11 is 0. The first-order valence-corrected chi connectivity index (χ1v) is 34.1. The van der Waals surface area contributed by atoms with Crippen LogP contribution in [-0.2, 0) is 17.5 Å². The van der Waals surface area contributed by atoms with Crippen LogP contribution in [-0.4, -0.2) is 22.2 Å². The van der Waals surface area contributed by atoms with Crippen molar-refractivity contribution in [3.05, 3.63) is 315 Å². The van der Waals surface area contributed by atoms with Gasteiger partial charge in [-0.3, -0.25) is 4.57 Å². The Bertz CT molecular complexity index is 5330. The summed E-state index contributed by atoms with van der Waals surface area (Å²) in [7, 11) is -3.00. The zero-order chi connectivity index (χ0) is 62.3. The Morgan fingerprint density at radius 3 is 1.54 bits per heavy atom. The van der Waals surface area contributed by atoms with Crippen molar-refractivity contribution in [2.75, 3.05) is 4.90 Å². The Balaban J connectivity index is 0.900. The summed E-state index contributed by atoms with van der Waals surface area (Å²) in [6, 6.07) is 110. The number of aromatic nitrogens is 3. The maximum Gasteiger partial charge on any atom is 0.179 e. The highest BCUT2D eigenvalue weighted by molar-refractivity contribution is 7.20. The van der Waals surface area contributed by atoms with Crippen LogP contribution in [0.15, 0.2) is 303 Å². The van der Waals surface area contributed by atoms with E-state index in [9.17, 15) is 0 Å². The van der Waals surface area contributed by atoms with Crippen LogP contribution >= 0.6 is 0 Å². The molecular formula is C86H70N4OSi. The fourth-order valence-corrected chi connectivity index (χ4v) is 19.4. The molecule has 4 heterocycles. The predicted molar refractivity (Wildman–Crippen MR) is 391 cm³/mol. The number of benzene rings is 12. The van der Waals surface area contributed by atoms with Crippen molar-refractivity contribution < 1.29 is 4.74 Å². The summed E-state index contributed by atoms with van der Waals surface area (Å²) in [4.78, 5) is 7.52. The van der Waals surface area contributed by atoms with Crippen LogP contribution in [0.25, 0.3) is 93.2 Å². The minimum Gasteiger partial charge on any atom is -0.457 e. The number of hydrogen-bond donors (Lipinski definition) is 0. The molecule has 16 rings (SSSR count). The average Bonchev–Trinajstić information content (AvgIpc) is 1.29. The van der Waals surface area contributed by atoms with E-state index in [0.29, 0.717) is 6.67 Å². The number of para-hydroxylation sites is 2. The fraction of sp³-hybridized carbons (Fsp3) is 0.105. The van der Waals surface area contributed by atoms with E-state index in [1.807, 2.05) is 6.20 Å². The van der Waals surface area contributed by atoms with Gasteiger partial charge in [-0.15, -0.1) is 0 Å². The number of nitrogens with zero attached hydrogens (tertiary/aromatic N) is 4. The predicted octanol–water partition coefficient (Wildman–Crippen LogP) is 19.9. The molecule has 5 nitrogen and oxygen atoms in total. The maximum absolute atomic E-state index is 7.10. The van der Waals surface area contributed by atoms with Gasteiger partial charge in [-0.25, -0.2) is 4.98 Å². The van der Waals surface area contributed by atoms with Gasteiger partial charge in [0.15, 0.2) is 8.07 Å². The smallest absolute Gasteiger partial charge is 0.179 e. The van der Waals surface area contributed by atoms with E-state index in [1.165, 1.54) is 97.5 Å². The van der Waals surface area contributed by atoms with Crippen molar-refractivity contribution in [2.45, 2.75) is 59.0 Å². The largest absolute Gasteiger partial charge is 0.457 e. The van der Waals surface area contributed by atoms with Gasteiger partial charge in [0.25, 0.3) is 0 Å². The molecule has 1 aliphatic rings. The van der Waals surface area contributed by atoms with E-state index in [2.05, 4.69) is 353 Å². The van der Waals surface area contributed by atoms with Crippen molar-refractivity contribution in [1.29, 1.82) is 0 Å². The Labute approximate surface area is 539 Å². The monoisotopic (exact) mass is 1200 g/mol. The third kappa shape index (κ3) is 9.55. The SMILES string of the molecule is CC(C)(C)c1cc(-c2cccc3c4ccccc4c4ccccc4c4cccc5c4n(c23)CN5c2cccc(Oc3ccc4c5cc(-c6ccccc6)ccc5n(-c5cc(C(C)(C)C)ccn5)c4c3)c2)cc([Si](c2ccccc2)(c2ccccc2)c2ccccc2)c1. The number of fused-ring (bicyclic) bond motifs is 10. The lowest BCUT2D eigenvalue weighted by atomic mass is 9.85. The lowest BCUT2D eigenvalue weighted by Gasteiger charge is -2.36. The van der Waals surface area contributed by atoms with E-state index in [-0.39, 0.29) is 10.8 Å². The van der Waals surface area contributed by atoms with Gasteiger partial charge >= 0.3 is 0 Å². The molecule has 0 amide bonds. The molecule has 3 aromatic heterocycles. The molecule has 0 saturated carbocycles. The van der Waals surface area contributed by atoms with Gasteiger partial charge in [-0.1, -0.05) is 272 Å². The summed E-state index contributed by atoms with van der Waals surface area (Å²) < 4.78 is 12.0. The van der Waals surface area contributed by atoms with E-state index in [1.54, 1.807) is 0 Å². The highest BCUT2D eigenvalue weighted by Gasteiger charge is 2.42. The standard InChI is InChI=1S/C86H70N4OSi/c1-85(2,3)61-48-49-87-82(54-61)90-79-47-44-59(58-26-11-7-12-27-58)52-78(79)75-46-45-65(56-81(75)90)91-64-29-23-28-63(55-64)88-57-89-83-70(40-24-41-76(83)73-38-21-19-36-71(73)72-37-20-22-39-74(72)77-42-25-43-80(88)84(77)89)60-50-62(86(4,5)6)53-69(51-60)92(66-30-13-8-14-31-66,67-32-15-9-16-33-67)68-34-17-10-18-35-68/h7-56H,57H2,1-6H3. The molecule has 92 heavy (non-hydrogen) atoms. The van der Waals surface area contributed by atoms with Crippen molar-refractivity contribution in [3.63, 3.8) is 0 Å². The van der Waals surface area contributed by atoms with Gasteiger partial charge in [0.1, 0.15) is 24.0 Å². The molecule has 12 aromatic carbocycles. The molecular weight excluding hydrogens is 1130 g/mol. The molecule has 0 aliphatic carbocycles. The molecule has 1 aliphatic heterocycles. The Morgan fingerprint density at radius 2 is 0.913 bits per heavy atom. The first kappa shape index (κ1) is 56.4. The van der Waals surface area contributed by atoms with Crippen LogP contribution < -0.4 is 30.4 Å². The van der Waals surface area contributed by atoms with Crippen LogP contribution in [0.5, 0.6) is 11.5 Å². The number of rotatable bonds is 10. The van der Waals surface area contributed by atoms with Crippen LogP contribution in [0, 0.1) is 0 Å². The van der Waals surface area contributed by atoms with Gasteiger partial charge < -0.3 is 14.2 Å². The number of pyridine rings is 1. The van der Waals surface area contributed by atoms with Crippen molar-refractivity contribution in [2.24, 2.45) is 0 Å². The Morgan fingerprint density at radius 1 is 0.359 bits per heavy atom. The van der Waals surface area contributed by atoms with E-state index in [4.69, 9.17) is 9.72 Å². The van der Waals surface area contributed by atoms with Crippen molar-refractivity contribution in [1.82, 2.24) is 14.1 Å². The molecule has 0 N–H and O–H groups in total. The number of ether oxygens (including phenoxy) is 1. The summed E-state index contributed by atoms with van der Waals surface area (Å²) in [5.74, 6) is 2.36. The summed E-state index contributed by atoms with van der Waals surface area (Å²) in [5.41, 5.74) is 13.6. The van der Waals surface area contributed by atoms with E-state index >= 15 is 0 Å². The minimum atomic E-state index is -3.00. The number of anilines is 2. The zero-order valence-electron chi connectivity index (χ0n) is 52.8. The van der Waals surface area contributed by atoms with Crippen molar-refractivity contribution in [3.8, 4) is 39.6 Å². The van der Waals surface area contributed by atoms with Crippen LogP contribution in [0.3, 0.4) is 0 Å². The second-order valence-electron chi connectivity index (χ2n) is 26.7. The van der Waals surface area contributed by atoms with Gasteiger partial charge in [-0.05, 0) is 136 Å². The molecule has 0 unspecified atom stereocenters. The topological polar surface area (TPSA) is 35.2 Å². The second kappa shape index (κ2) is 22.3. The summed E-state index contributed by atoms with van der Waals surface area (Å²) in [5, 5.41) is 14.9. The highest BCUT2D eigenvalue weighted by Crippen LogP contribution is 2.46. The lowest BCUT2D eigenvalue weighted by molar-refractivity contribution is 0.483. The molecule has 0 bridgehead atoms. The molecule has 0 saturated heterocycles. The van der Waals surface area contributed by atoms with Gasteiger partial charge in [0.05, 0.1) is 27.8 Å². The first-order valence-electron chi connectivity index (χ1n) is 32.1. The minimum absolute atomic E-state index is 0.0623. The maximum atomic E-state index is 7.10. The summed E-state index contributed by atoms with van der Waals surface area (Å²) in [6.45, 7) is 14.4. The van der Waals surface area contributed by atoms with Crippen LogP contribution in [0.4, 0.5) is 11.4 Å². The van der Waals surface area contributed by atoms with Crippen molar-refractivity contribution >= 4 is 105 Å². The fourth-order valence-electron chi connectivity index (χ4n) is 14.6. The molecule has 0 spiro atoms. The molecule has 0 atom stereocenters. The Kier molecular flexibility index (Phi) is 13.7. The number of hydrogen-bond acceptors (Lipinski definition) is 3. The third-order valence-corrected chi connectivity index (χ3v) is 23.9. The third-order valence-electron chi connectivity index (χ3n) is 19.1. The lowest BCUT2D eigenvalue weighted by Crippen LogP contribution is -2.74. The quantitative estimate of drug-likeness (QED) is 0.101. The molecule has 0 fully saturated rings. The first-order chi connectivity index (χ1) is 44.9. The molecule has 6 heteroatoms. The highest BCUT2D eigenvalue weighted by atomic mass is 28.3. The van der Waals surface area contributed by atoms with Crippen LogP contribution in [0.2, 0.25) is 0 Å². The molecule has 444 valence electrons. The van der Waals surface area contributed by atoms with Gasteiger partial charge in [0, 0.05) is 51.1 Å². The normalized spacial score (nSPS) is 12.6. The second-order valence-corrected chi connectivity index (χ2v) is 30.5. The van der Waals surface area contributed by atoms with Gasteiger partial charge in [0.2, 0.25) is 0 Å². The van der Waals surface area contributed by atoms with E-state index < -0.39 is 8.07 Å². The van der Waals surface area contributed by atoms with E-state index in [0.717, 1.165) is 50.5 Å². The van der Waals surface area contributed by atoms with Gasteiger partial charge in [-0.2, -0.15) is 0 Å². The zero-order valence-corrected chi connectivity index (χ0v) is 53.8. The molecule has 0 radical (unpaired) electrons. The summed E-state index contributed by atoms with van der Waals surface area (Å²) in [6.07, 6.45) is 1.94. The molecule has 15 aromatic rings. The Hall–Kier alpha value is -10.8.